The van der Waals surface area contributed by atoms with Crippen molar-refractivity contribution in [3.8, 4) is 5.75 Å². The Kier molecular flexibility index (Phi) is 4.88. The zero-order chi connectivity index (χ0) is 17.1. The van der Waals surface area contributed by atoms with Gasteiger partial charge in [0.1, 0.15) is 12.3 Å². The number of carbonyl (C=O) groups excluding carboxylic acids is 1. The summed E-state index contributed by atoms with van der Waals surface area (Å²) in [5, 5.41) is 4.44. The third-order valence-electron chi connectivity index (χ3n) is 4.35. The lowest BCUT2D eigenvalue weighted by atomic mass is 10.1. The number of nitrogens with zero attached hydrogens (tertiary/aromatic N) is 1. The van der Waals surface area contributed by atoms with Gasteiger partial charge in [-0.15, -0.1) is 0 Å². The van der Waals surface area contributed by atoms with Crippen LogP contribution in [-0.2, 0) is 11.3 Å². The molecule has 0 atom stereocenters. The van der Waals surface area contributed by atoms with E-state index >= 15 is 0 Å². The number of benzene rings is 1. The van der Waals surface area contributed by atoms with E-state index in [2.05, 4.69) is 5.32 Å². The van der Waals surface area contributed by atoms with Crippen molar-refractivity contribution in [1.29, 1.82) is 0 Å². The maximum absolute atomic E-state index is 12.6. The molecule has 1 aromatic heterocycles. The van der Waals surface area contributed by atoms with Crippen LogP contribution in [0.5, 0.6) is 5.75 Å². The number of nitrogens with one attached hydrogen (secondary N) is 1. The molecule has 1 heterocycles. The topological polar surface area (TPSA) is 60.3 Å². The fourth-order valence-electron chi connectivity index (χ4n) is 3.23. The Hall–Kier alpha value is -2.30. The van der Waals surface area contributed by atoms with Gasteiger partial charge in [-0.3, -0.25) is 9.59 Å². The highest BCUT2D eigenvalue weighted by Gasteiger charge is 2.17. The molecule has 2 aromatic rings. The molecule has 0 bridgehead atoms. The molecule has 1 fully saturated rings. The number of ether oxygens (including phenoxy) is 1. The summed E-state index contributed by atoms with van der Waals surface area (Å²) in [4.78, 5) is 24.7. The lowest BCUT2D eigenvalue weighted by molar-refractivity contribution is -0.122. The smallest absolute Gasteiger partial charge is 0.258 e. The molecular formula is C19H24N2O3. The minimum absolute atomic E-state index is 0.0650. The lowest BCUT2D eigenvalue weighted by Crippen LogP contribution is -2.37. The normalized spacial score (nSPS) is 15.1. The van der Waals surface area contributed by atoms with Crippen LogP contribution in [-0.4, -0.2) is 22.6 Å². The summed E-state index contributed by atoms with van der Waals surface area (Å²) in [6.45, 7) is 3.99. The molecule has 0 unspecified atom stereocenters. The molecule has 128 valence electrons. The molecule has 1 amide bonds. The first-order chi connectivity index (χ1) is 11.5. The minimum Gasteiger partial charge on any atom is -0.491 e. The van der Waals surface area contributed by atoms with Crippen LogP contribution < -0.4 is 15.6 Å². The highest BCUT2D eigenvalue weighted by atomic mass is 16.5. The van der Waals surface area contributed by atoms with E-state index in [0.29, 0.717) is 5.39 Å². The summed E-state index contributed by atoms with van der Waals surface area (Å²) in [5.41, 5.74) is -0.148. The van der Waals surface area contributed by atoms with E-state index in [1.165, 1.54) is 17.4 Å². The van der Waals surface area contributed by atoms with Crippen LogP contribution in [0.4, 0.5) is 0 Å². The summed E-state index contributed by atoms with van der Waals surface area (Å²) < 4.78 is 7.13. The Bertz CT molecular complexity index is 789. The van der Waals surface area contributed by atoms with Gasteiger partial charge in [-0.05, 0) is 56.3 Å². The standard InChI is InChI=1S/C19H24N2O3/c1-13(2)24-16-7-8-17-14(11-16)9-10-21(19(17)23)12-18(22)20-15-5-3-4-6-15/h7-11,13,15H,3-6,12H2,1-2H3,(H,20,22). The molecule has 0 radical (unpaired) electrons. The van der Waals surface area contributed by atoms with E-state index in [9.17, 15) is 9.59 Å². The second-order valence-corrected chi connectivity index (χ2v) is 6.71. The average Bonchev–Trinajstić information content (AvgIpc) is 3.02. The van der Waals surface area contributed by atoms with E-state index in [1.807, 2.05) is 26.0 Å². The Morgan fingerprint density at radius 1 is 1.29 bits per heavy atom. The van der Waals surface area contributed by atoms with Gasteiger partial charge in [-0.25, -0.2) is 0 Å². The van der Waals surface area contributed by atoms with E-state index in [4.69, 9.17) is 4.74 Å². The predicted octanol–water partition coefficient (Wildman–Crippen LogP) is 2.85. The molecular weight excluding hydrogens is 304 g/mol. The van der Waals surface area contributed by atoms with Crippen LogP contribution in [0.1, 0.15) is 39.5 Å². The quantitative estimate of drug-likeness (QED) is 0.918. The molecule has 5 heteroatoms. The molecule has 0 saturated heterocycles. The summed E-state index contributed by atoms with van der Waals surface area (Å²) in [7, 11) is 0. The Labute approximate surface area is 141 Å². The summed E-state index contributed by atoms with van der Waals surface area (Å²) >= 11 is 0. The Morgan fingerprint density at radius 2 is 2.04 bits per heavy atom. The third kappa shape index (κ3) is 3.78. The molecule has 3 rings (SSSR count). The molecule has 1 N–H and O–H groups in total. The third-order valence-corrected chi connectivity index (χ3v) is 4.35. The number of pyridine rings is 1. The van der Waals surface area contributed by atoms with Gasteiger partial charge in [-0.2, -0.15) is 0 Å². The van der Waals surface area contributed by atoms with Crippen LogP contribution in [0.25, 0.3) is 10.8 Å². The molecule has 1 aliphatic rings. The number of hydrogen-bond acceptors (Lipinski definition) is 3. The van der Waals surface area contributed by atoms with Gasteiger partial charge in [0.05, 0.1) is 6.10 Å². The second kappa shape index (κ2) is 7.07. The number of hydrogen-bond donors (Lipinski definition) is 1. The first kappa shape index (κ1) is 16.6. The number of carbonyl (C=O) groups is 1. The largest absolute Gasteiger partial charge is 0.491 e. The molecule has 1 aliphatic carbocycles. The van der Waals surface area contributed by atoms with E-state index in [0.717, 1.165) is 24.0 Å². The van der Waals surface area contributed by atoms with Crippen LogP contribution in [0, 0.1) is 0 Å². The SMILES string of the molecule is CC(C)Oc1ccc2c(=O)n(CC(=O)NC3CCCC3)ccc2c1. The predicted molar refractivity (Wildman–Crippen MR) is 94.4 cm³/mol. The van der Waals surface area contributed by atoms with Crippen molar-refractivity contribution in [1.82, 2.24) is 9.88 Å². The van der Waals surface area contributed by atoms with Gasteiger partial charge >= 0.3 is 0 Å². The highest BCUT2D eigenvalue weighted by Crippen LogP contribution is 2.20. The Balaban J connectivity index is 1.78. The van der Waals surface area contributed by atoms with Crippen molar-refractivity contribution in [3.05, 3.63) is 40.8 Å². The van der Waals surface area contributed by atoms with E-state index in [-0.39, 0.29) is 30.2 Å². The maximum Gasteiger partial charge on any atom is 0.258 e. The zero-order valence-corrected chi connectivity index (χ0v) is 14.2. The molecule has 0 aliphatic heterocycles. The first-order valence-electron chi connectivity index (χ1n) is 8.62. The van der Waals surface area contributed by atoms with Crippen molar-refractivity contribution in [2.45, 2.75) is 58.2 Å². The first-order valence-corrected chi connectivity index (χ1v) is 8.62. The van der Waals surface area contributed by atoms with Crippen LogP contribution >= 0.6 is 0 Å². The average molecular weight is 328 g/mol. The minimum atomic E-state index is -0.148. The second-order valence-electron chi connectivity index (χ2n) is 6.71. The van der Waals surface area contributed by atoms with Gasteiger partial charge in [0.2, 0.25) is 5.91 Å². The molecule has 1 aromatic carbocycles. The molecule has 0 spiro atoms. The zero-order valence-electron chi connectivity index (χ0n) is 14.2. The van der Waals surface area contributed by atoms with Crippen LogP contribution in [0.3, 0.4) is 0 Å². The van der Waals surface area contributed by atoms with Gasteiger partial charge < -0.3 is 14.6 Å². The fourth-order valence-corrected chi connectivity index (χ4v) is 3.23. The number of rotatable bonds is 5. The summed E-state index contributed by atoms with van der Waals surface area (Å²) in [6.07, 6.45) is 6.18. The van der Waals surface area contributed by atoms with Gasteiger partial charge in [0.25, 0.3) is 5.56 Å². The maximum atomic E-state index is 12.6. The number of amides is 1. The van der Waals surface area contributed by atoms with Gasteiger partial charge in [0, 0.05) is 17.6 Å². The van der Waals surface area contributed by atoms with E-state index < -0.39 is 0 Å². The van der Waals surface area contributed by atoms with Crippen molar-refractivity contribution in [2.24, 2.45) is 0 Å². The lowest BCUT2D eigenvalue weighted by Gasteiger charge is -2.13. The molecule has 1 saturated carbocycles. The molecule has 24 heavy (non-hydrogen) atoms. The van der Waals surface area contributed by atoms with Crippen molar-refractivity contribution >= 4 is 16.7 Å². The van der Waals surface area contributed by atoms with Crippen molar-refractivity contribution in [2.75, 3.05) is 0 Å². The van der Waals surface area contributed by atoms with Gasteiger partial charge in [-0.1, -0.05) is 12.8 Å². The number of aromatic nitrogens is 1. The fraction of sp³-hybridized carbons (Fsp3) is 0.474. The molecule has 5 nitrogen and oxygen atoms in total. The number of fused-ring (bicyclic) bond motifs is 1. The Morgan fingerprint density at radius 3 is 2.75 bits per heavy atom. The summed E-state index contributed by atoms with van der Waals surface area (Å²) in [5.74, 6) is 0.650. The van der Waals surface area contributed by atoms with Crippen LogP contribution in [0.2, 0.25) is 0 Å². The van der Waals surface area contributed by atoms with Crippen LogP contribution in [0.15, 0.2) is 35.3 Å². The van der Waals surface area contributed by atoms with Gasteiger partial charge in [0.15, 0.2) is 0 Å². The van der Waals surface area contributed by atoms with Crippen molar-refractivity contribution in [3.63, 3.8) is 0 Å². The van der Waals surface area contributed by atoms with E-state index in [1.54, 1.807) is 18.3 Å². The monoisotopic (exact) mass is 328 g/mol. The van der Waals surface area contributed by atoms with Crippen molar-refractivity contribution < 1.29 is 9.53 Å². The summed E-state index contributed by atoms with van der Waals surface area (Å²) in [6, 6.07) is 7.55. The highest BCUT2D eigenvalue weighted by molar-refractivity contribution is 5.83.